The fourth-order valence-electron chi connectivity index (χ4n) is 1.89. The molecule has 0 unspecified atom stereocenters. The average Bonchev–Trinajstić information content (AvgIpc) is 2.39. The molecule has 16 heavy (non-hydrogen) atoms. The van der Waals surface area contributed by atoms with Gasteiger partial charge >= 0.3 is 0 Å². The Labute approximate surface area is 93.6 Å². The number of fused-ring (bicyclic) bond motifs is 1. The predicted molar refractivity (Wildman–Crippen MR) is 65.0 cm³/mol. The highest BCUT2D eigenvalue weighted by Gasteiger charge is 2.02. The second-order valence-corrected chi connectivity index (χ2v) is 3.64. The Morgan fingerprint density at radius 3 is 2.56 bits per heavy atom. The van der Waals surface area contributed by atoms with Gasteiger partial charge < -0.3 is 0 Å². The van der Waals surface area contributed by atoms with Gasteiger partial charge in [-0.1, -0.05) is 24.3 Å². The van der Waals surface area contributed by atoms with Crippen molar-refractivity contribution in [3.63, 3.8) is 0 Å². The van der Waals surface area contributed by atoms with E-state index in [2.05, 4.69) is 34.2 Å². The smallest absolute Gasteiger partial charge is 0.0352 e. The lowest BCUT2D eigenvalue weighted by molar-refractivity contribution is 1.33. The number of nitrogens with zero attached hydrogens (tertiary/aromatic N) is 2. The largest absolute Gasteiger partial charge is 0.264 e. The van der Waals surface area contributed by atoms with Crippen LogP contribution in [0.2, 0.25) is 0 Å². The van der Waals surface area contributed by atoms with E-state index in [1.54, 1.807) is 6.20 Å². The first-order valence-corrected chi connectivity index (χ1v) is 5.18. The van der Waals surface area contributed by atoms with E-state index in [1.807, 2.05) is 30.7 Å². The topological polar surface area (TPSA) is 25.8 Å². The maximum absolute atomic E-state index is 4.18. The zero-order valence-corrected chi connectivity index (χ0v) is 8.67. The fraction of sp³-hybridized carbons (Fsp3) is 0. The summed E-state index contributed by atoms with van der Waals surface area (Å²) < 4.78 is 0. The van der Waals surface area contributed by atoms with Crippen LogP contribution in [0, 0.1) is 0 Å². The second-order valence-electron chi connectivity index (χ2n) is 3.64. The first kappa shape index (κ1) is 9.04. The number of benzene rings is 1. The summed E-state index contributed by atoms with van der Waals surface area (Å²) in [6, 6.07) is 12.3. The van der Waals surface area contributed by atoms with E-state index in [4.69, 9.17) is 0 Å². The van der Waals surface area contributed by atoms with Crippen LogP contribution in [0.25, 0.3) is 21.9 Å². The Morgan fingerprint density at radius 2 is 1.69 bits per heavy atom. The van der Waals surface area contributed by atoms with E-state index < -0.39 is 0 Å². The number of hydrogen-bond donors (Lipinski definition) is 0. The molecule has 76 valence electrons. The molecule has 3 rings (SSSR count). The molecule has 0 amide bonds. The van der Waals surface area contributed by atoms with Crippen LogP contribution in [0.5, 0.6) is 0 Å². The Morgan fingerprint density at radius 1 is 0.750 bits per heavy atom. The summed E-state index contributed by atoms with van der Waals surface area (Å²) in [6.07, 6.45) is 7.38. The van der Waals surface area contributed by atoms with Crippen LogP contribution in [-0.4, -0.2) is 9.97 Å². The summed E-state index contributed by atoms with van der Waals surface area (Å²) in [5, 5.41) is 2.37. The maximum Gasteiger partial charge on any atom is 0.0352 e. The summed E-state index contributed by atoms with van der Waals surface area (Å²) in [6.45, 7) is 0. The van der Waals surface area contributed by atoms with E-state index in [0.29, 0.717) is 0 Å². The van der Waals surface area contributed by atoms with E-state index in [0.717, 1.165) is 10.9 Å². The van der Waals surface area contributed by atoms with Crippen LogP contribution in [0.15, 0.2) is 61.2 Å². The maximum atomic E-state index is 4.18. The Hall–Kier alpha value is -2.22. The summed E-state index contributed by atoms with van der Waals surface area (Å²) in [5.74, 6) is 0. The van der Waals surface area contributed by atoms with E-state index in [9.17, 15) is 0 Å². The van der Waals surface area contributed by atoms with Gasteiger partial charge in [0.25, 0.3) is 0 Å². The van der Waals surface area contributed by atoms with Gasteiger partial charge in [-0.2, -0.15) is 0 Å². The average molecular weight is 206 g/mol. The molecule has 0 fully saturated rings. The predicted octanol–water partition coefficient (Wildman–Crippen LogP) is 3.30. The lowest BCUT2D eigenvalue weighted by Gasteiger charge is -2.05. The van der Waals surface area contributed by atoms with Crippen LogP contribution in [0.1, 0.15) is 0 Å². The molecular formula is C14H10N2. The van der Waals surface area contributed by atoms with Gasteiger partial charge in [0.1, 0.15) is 0 Å². The van der Waals surface area contributed by atoms with Crippen molar-refractivity contribution in [2.24, 2.45) is 0 Å². The van der Waals surface area contributed by atoms with Gasteiger partial charge in [0.2, 0.25) is 0 Å². The molecule has 0 saturated carbocycles. The summed E-state index contributed by atoms with van der Waals surface area (Å²) in [5.41, 5.74) is 2.31. The highest BCUT2D eigenvalue weighted by atomic mass is 14.6. The third-order valence-corrected chi connectivity index (χ3v) is 2.66. The third-order valence-electron chi connectivity index (χ3n) is 2.66. The van der Waals surface area contributed by atoms with Crippen molar-refractivity contribution in [3.05, 3.63) is 61.2 Å². The standard InChI is InChI=1S/C14H10N2/c1-3-11-6-8-16-10-14(11)13(5-1)12-4-2-7-15-9-12/h1-10H. The molecule has 2 aromatic heterocycles. The van der Waals surface area contributed by atoms with Crippen molar-refractivity contribution in [2.75, 3.05) is 0 Å². The van der Waals surface area contributed by atoms with Crippen LogP contribution < -0.4 is 0 Å². The second kappa shape index (κ2) is 3.74. The lowest BCUT2D eigenvalue weighted by Crippen LogP contribution is -1.83. The van der Waals surface area contributed by atoms with E-state index in [1.165, 1.54) is 10.9 Å². The highest BCUT2D eigenvalue weighted by molar-refractivity contribution is 5.95. The molecular weight excluding hydrogens is 196 g/mol. The van der Waals surface area contributed by atoms with E-state index >= 15 is 0 Å². The summed E-state index contributed by atoms with van der Waals surface area (Å²) in [7, 11) is 0. The third kappa shape index (κ3) is 1.44. The number of rotatable bonds is 1. The fourth-order valence-corrected chi connectivity index (χ4v) is 1.89. The minimum Gasteiger partial charge on any atom is -0.264 e. The van der Waals surface area contributed by atoms with Crippen molar-refractivity contribution < 1.29 is 0 Å². The van der Waals surface area contributed by atoms with Crippen LogP contribution in [-0.2, 0) is 0 Å². The van der Waals surface area contributed by atoms with Gasteiger partial charge in [-0.25, -0.2) is 0 Å². The van der Waals surface area contributed by atoms with Crippen LogP contribution >= 0.6 is 0 Å². The zero-order valence-electron chi connectivity index (χ0n) is 8.67. The molecule has 0 saturated heterocycles. The van der Waals surface area contributed by atoms with Gasteiger partial charge in [0.15, 0.2) is 0 Å². The molecule has 1 aromatic carbocycles. The molecule has 0 radical (unpaired) electrons. The van der Waals surface area contributed by atoms with Gasteiger partial charge in [-0.3, -0.25) is 9.97 Å². The Bertz CT molecular complexity index is 612. The van der Waals surface area contributed by atoms with Gasteiger partial charge in [0.05, 0.1) is 0 Å². The quantitative estimate of drug-likeness (QED) is 0.610. The lowest BCUT2D eigenvalue weighted by atomic mass is 10.0. The van der Waals surface area contributed by atoms with Crippen molar-refractivity contribution in [2.45, 2.75) is 0 Å². The molecule has 0 bridgehead atoms. The molecule has 2 nitrogen and oxygen atoms in total. The molecule has 2 heteroatoms. The molecule has 2 heterocycles. The molecule has 0 aliphatic carbocycles. The number of pyridine rings is 2. The highest BCUT2D eigenvalue weighted by Crippen LogP contribution is 2.26. The van der Waals surface area contributed by atoms with Crippen LogP contribution in [0.3, 0.4) is 0 Å². The zero-order chi connectivity index (χ0) is 10.8. The van der Waals surface area contributed by atoms with Gasteiger partial charge in [-0.15, -0.1) is 0 Å². The first-order chi connectivity index (χ1) is 7.95. The molecule has 0 aliphatic heterocycles. The monoisotopic (exact) mass is 206 g/mol. The minimum atomic E-state index is 1.13. The van der Waals surface area contributed by atoms with Crippen molar-refractivity contribution in [1.82, 2.24) is 9.97 Å². The number of aromatic nitrogens is 2. The molecule has 0 N–H and O–H groups in total. The molecule has 0 aliphatic rings. The minimum absolute atomic E-state index is 1.13. The normalized spacial score (nSPS) is 10.5. The SMILES string of the molecule is c1cncc(-c2cccc3ccncc23)c1. The Kier molecular flexibility index (Phi) is 2.11. The molecule has 3 aromatic rings. The number of hydrogen-bond acceptors (Lipinski definition) is 2. The first-order valence-electron chi connectivity index (χ1n) is 5.18. The van der Waals surface area contributed by atoms with Crippen molar-refractivity contribution in [1.29, 1.82) is 0 Å². The van der Waals surface area contributed by atoms with Gasteiger partial charge in [0, 0.05) is 35.7 Å². The van der Waals surface area contributed by atoms with Crippen LogP contribution in [0.4, 0.5) is 0 Å². The van der Waals surface area contributed by atoms with E-state index in [-0.39, 0.29) is 0 Å². The van der Waals surface area contributed by atoms with Crippen molar-refractivity contribution >= 4 is 10.8 Å². The Balaban J connectivity index is 2.32. The van der Waals surface area contributed by atoms with Gasteiger partial charge in [-0.05, 0) is 23.1 Å². The van der Waals surface area contributed by atoms with Crippen molar-refractivity contribution in [3.8, 4) is 11.1 Å². The summed E-state index contributed by atoms with van der Waals surface area (Å²) in [4.78, 5) is 8.33. The molecule has 0 atom stereocenters. The summed E-state index contributed by atoms with van der Waals surface area (Å²) >= 11 is 0. The molecule has 0 spiro atoms.